The average molecular weight is 758 g/mol. The minimum Gasteiger partial charge on any atom is -0.334 e. The fourth-order valence-corrected chi connectivity index (χ4v) is 10.7. The highest BCUT2D eigenvalue weighted by Gasteiger charge is 2.38. The number of anilines is 2. The van der Waals surface area contributed by atoms with E-state index in [2.05, 4.69) is 189 Å². The number of allylic oxidation sites excluding steroid dienone is 7. The molecule has 3 unspecified atom stereocenters. The molecule has 0 spiro atoms. The number of benzene rings is 7. The second kappa shape index (κ2) is 13.1. The zero-order valence-electron chi connectivity index (χ0n) is 33.3. The normalized spacial score (nSPS) is 19.7. The van der Waals surface area contributed by atoms with E-state index < -0.39 is 0 Å². The average Bonchev–Trinajstić information content (AvgIpc) is 3.38. The summed E-state index contributed by atoms with van der Waals surface area (Å²) in [6, 6.07) is 48.4. The summed E-state index contributed by atoms with van der Waals surface area (Å²) >= 11 is 0. The van der Waals surface area contributed by atoms with Crippen molar-refractivity contribution < 1.29 is 0 Å². The molecular formula is C56H43N3. The number of para-hydroxylation sites is 1. The van der Waals surface area contributed by atoms with Gasteiger partial charge < -0.3 is 4.90 Å². The molecule has 0 N–H and O–H groups in total. The maximum atomic E-state index is 4.77. The maximum absolute atomic E-state index is 4.77. The fraction of sp³-hybridized carbons (Fsp3) is 0.143. The minimum absolute atomic E-state index is 0.136. The molecule has 7 aromatic carbocycles. The standard InChI is InChI=1S/C56H43N3/c1-56(2)51-33-40(21-24-46(51)47-26-23-43(34-52(47)56)59-42-16-4-3-11-41(31-42)44-17-7-8-20-53(44)59)38-15-10-13-36(30-38)35-12-9-14-37(29-35)39-22-25-49-50(32-39)45-18-5-6-19-48(45)54-55(49)58-28-27-57-54/h3-28,30,32-35,41-42H,29,31H2,1-2H3. The van der Waals surface area contributed by atoms with Crippen LogP contribution in [0.25, 0.3) is 60.4 Å². The second-order valence-electron chi connectivity index (χ2n) is 17.3. The molecule has 0 saturated heterocycles. The van der Waals surface area contributed by atoms with Crippen LogP contribution < -0.4 is 4.90 Å². The highest BCUT2D eigenvalue weighted by molar-refractivity contribution is 6.23. The van der Waals surface area contributed by atoms with E-state index >= 15 is 0 Å². The van der Waals surface area contributed by atoms with Crippen LogP contribution in [0.15, 0.2) is 182 Å². The van der Waals surface area contributed by atoms with Gasteiger partial charge in [-0.1, -0.05) is 153 Å². The van der Waals surface area contributed by atoms with Gasteiger partial charge >= 0.3 is 0 Å². The topological polar surface area (TPSA) is 29.0 Å². The van der Waals surface area contributed by atoms with Gasteiger partial charge in [-0.25, -0.2) is 0 Å². The molecular weight excluding hydrogens is 715 g/mol. The van der Waals surface area contributed by atoms with Crippen LogP contribution >= 0.6 is 0 Å². The first-order valence-corrected chi connectivity index (χ1v) is 21.1. The summed E-state index contributed by atoms with van der Waals surface area (Å²) in [5.41, 5.74) is 17.8. The zero-order valence-corrected chi connectivity index (χ0v) is 33.3. The highest BCUT2D eigenvalue weighted by Crippen LogP contribution is 2.53. The Morgan fingerprint density at radius 3 is 2.15 bits per heavy atom. The summed E-state index contributed by atoms with van der Waals surface area (Å²) in [5, 5.41) is 4.73. The molecule has 1 aromatic heterocycles. The van der Waals surface area contributed by atoms with Crippen LogP contribution in [0.5, 0.6) is 0 Å². The van der Waals surface area contributed by atoms with Crippen LogP contribution in [0.2, 0.25) is 0 Å². The molecule has 59 heavy (non-hydrogen) atoms. The van der Waals surface area contributed by atoms with E-state index in [1.54, 1.807) is 12.4 Å². The van der Waals surface area contributed by atoms with E-state index in [1.807, 2.05) is 0 Å². The molecule has 2 bridgehead atoms. The van der Waals surface area contributed by atoms with Gasteiger partial charge in [-0.15, -0.1) is 0 Å². The lowest BCUT2D eigenvalue weighted by molar-refractivity contribution is 0.618. The predicted octanol–water partition coefficient (Wildman–Crippen LogP) is 14.2. The highest BCUT2D eigenvalue weighted by atomic mass is 15.2. The Morgan fingerprint density at radius 1 is 0.559 bits per heavy atom. The van der Waals surface area contributed by atoms with Gasteiger partial charge in [0.25, 0.3) is 0 Å². The van der Waals surface area contributed by atoms with Gasteiger partial charge in [-0.05, 0) is 110 Å². The molecule has 0 saturated carbocycles. The molecule has 8 aromatic rings. The largest absolute Gasteiger partial charge is 0.334 e. The van der Waals surface area contributed by atoms with Crippen LogP contribution in [-0.2, 0) is 5.41 Å². The van der Waals surface area contributed by atoms with Crippen molar-refractivity contribution in [3.05, 3.63) is 210 Å². The molecule has 3 heteroatoms. The van der Waals surface area contributed by atoms with Crippen molar-refractivity contribution in [1.82, 2.24) is 9.97 Å². The van der Waals surface area contributed by atoms with Crippen molar-refractivity contribution >= 4 is 49.5 Å². The third kappa shape index (κ3) is 5.34. The Labute approximate surface area is 345 Å². The lowest BCUT2D eigenvalue weighted by atomic mass is 9.80. The van der Waals surface area contributed by atoms with Crippen molar-refractivity contribution in [3.8, 4) is 22.3 Å². The summed E-state index contributed by atoms with van der Waals surface area (Å²) in [4.78, 5) is 12.1. The van der Waals surface area contributed by atoms with Gasteiger partial charge in [0.15, 0.2) is 0 Å². The first-order valence-electron chi connectivity index (χ1n) is 21.1. The molecule has 2 heterocycles. The van der Waals surface area contributed by atoms with Crippen molar-refractivity contribution in [3.63, 3.8) is 0 Å². The monoisotopic (exact) mass is 757 g/mol. The fourth-order valence-electron chi connectivity index (χ4n) is 10.7. The van der Waals surface area contributed by atoms with E-state index in [-0.39, 0.29) is 11.3 Å². The summed E-state index contributed by atoms with van der Waals surface area (Å²) in [6.45, 7) is 4.81. The van der Waals surface area contributed by atoms with E-state index in [4.69, 9.17) is 9.97 Å². The van der Waals surface area contributed by atoms with Crippen molar-refractivity contribution in [2.75, 3.05) is 4.90 Å². The summed E-state index contributed by atoms with van der Waals surface area (Å²) < 4.78 is 0. The predicted molar refractivity (Wildman–Crippen MR) is 246 cm³/mol. The van der Waals surface area contributed by atoms with Crippen LogP contribution in [0.4, 0.5) is 11.4 Å². The molecule has 12 rings (SSSR count). The zero-order chi connectivity index (χ0) is 39.2. The van der Waals surface area contributed by atoms with Crippen LogP contribution in [0.3, 0.4) is 0 Å². The van der Waals surface area contributed by atoms with Crippen LogP contribution in [-0.4, -0.2) is 16.0 Å². The van der Waals surface area contributed by atoms with Crippen LogP contribution in [0, 0.1) is 0 Å². The number of nitrogens with zero attached hydrogens (tertiary/aromatic N) is 3. The van der Waals surface area contributed by atoms with Crippen LogP contribution in [0.1, 0.15) is 66.3 Å². The Hall–Kier alpha value is -6.84. The molecule has 4 aliphatic rings. The Balaban J connectivity index is 0.848. The molecule has 0 fully saturated rings. The molecule has 3 aliphatic carbocycles. The first kappa shape index (κ1) is 34.2. The molecule has 0 amide bonds. The molecule has 3 nitrogen and oxygen atoms in total. The SMILES string of the molecule is CC1(C)c2cc(-c3cccc(C4C=CC=C(c5ccc6c(c5)c5ccccc5c5nccnc65)C4)c3)ccc2-c2ccc(N3c4ccccc4C4C=CC=CC3C4)cc21. The third-order valence-corrected chi connectivity index (χ3v) is 13.7. The summed E-state index contributed by atoms with van der Waals surface area (Å²) in [6.07, 6.45) is 21.7. The Kier molecular flexibility index (Phi) is 7.59. The van der Waals surface area contributed by atoms with Gasteiger partial charge in [0.05, 0.1) is 17.1 Å². The van der Waals surface area contributed by atoms with E-state index in [9.17, 15) is 0 Å². The van der Waals surface area contributed by atoms with E-state index in [0.29, 0.717) is 12.0 Å². The molecule has 0 radical (unpaired) electrons. The Morgan fingerprint density at radius 2 is 1.27 bits per heavy atom. The van der Waals surface area contributed by atoms with E-state index in [0.717, 1.165) is 34.6 Å². The third-order valence-electron chi connectivity index (χ3n) is 13.7. The number of hydrogen-bond acceptors (Lipinski definition) is 3. The first-order chi connectivity index (χ1) is 29.0. The van der Waals surface area contributed by atoms with Gasteiger partial charge in [0.1, 0.15) is 0 Å². The lowest BCUT2D eigenvalue weighted by Gasteiger charge is -2.40. The van der Waals surface area contributed by atoms with Crippen molar-refractivity contribution in [2.24, 2.45) is 0 Å². The molecule has 3 atom stereocenters. The molecule has 282 valence electrons. The minimum atomic E-state index is -0.136. The van der Waals surface area contributed by atoms with Crippen molar-refractivity contribution in [2.45, 2.75) is 50.0 Å². The number of aromatic nitrogens is 2. The lowest BCUT2D eigenvalue weighted by Crippen LogP contribution is -2.35. The quantitative estimate of drug-likeness (QED) is 0.167. The second-order valence-corrected chi connectivity index (χ2v) is 17.3. The van der Waals surface area contributed by atoms with E-state index in [1.165, 1.54) is 77.8 Å². The Bertz CT molecular complexity index is 3140. The van der Waals surface area contributed by atoms with Gasteiger partial charge in [-0.3, -0.25) is 9.97 Å². The van der Waals surface area contributed by atoms with Gasteiger partial charge in [0, 0.05) is 51.8 Å². The smallest absolute Gasteiger partial charge is 0.0971 e. The maximum Gasteiger partial charge on any atom is 0.0971 e. The number of hydrogen-bond donors (Lipinski definition) is 0. The summed E-state index contributed by atoms with van der Waals surface area (Å²) in [7, 11) is 0. The number of rotatable bonds is 4. The van der Waals surface area contributed by atoms with Gasteiger partial charge in [-0.2, -0.15) is 0 Å². The number of fused-ring (bicyclic) bond motifs is 13. The van der Waals surface area contributed by atoms with Crippen molar-refractivity contribution in [1.29, 1.82) is 0 Å². The van der Waals surface area contributed by atoms with Gasteiger partial charge in [0.2, 0.25) is 0 Å². The summed E-state index contributed by atoms with van der Waals surface area (Å²) in [5.74, 6) is 0.734. The molecule has 1 aliphatic heterocycles.